The molecule has 1 rings (SSSR count). The van der Waals surface area contributed by atoms with Crippen LogP contribution in [0.4, 0.5) is 5.69 Å². The Morgan fingerprint density at radius 2 is 2.50 bits per heavy atom. The van der Waals surface area contributed by atoms with Crippen LogP contribution in [0.15, 0.2) is 18.9 Å². The van der Waals surface area contributed by atoms with Gasteiger partial charge in [-0.15, -0.1) is 6.58 Å². The van der Waals surface area contributed by atoms with Crippen molar-refractivity contribution >= 4 is 5.69 Å². The number of nitrogens with one attached hydrogen (secondary N) is 1. The first-order valence-electron chi connectivity index (χ1n) is 4.09. The number of aromatic nitrogens is 2. The van der Waals surface area contributed by atoms with Gasteiger partial charge in [-0.25, -0.2) is 0 Å². The monoisotopic (exact) mass is 165 g/mol. The second kappa shape index (κ2) is 3.95. The van der Waals surface area contributed by atoms with Gasteiger partial charge < -0.3 is 5.32 Å². The van der Waals surface area contributed by atoms with Crippen LogP contribution in [-0.4, -0.2) is 16.3 Å². The molecule has 1 N–H and O–H groups in total. The average molecular weight is 165 g/mol. The van der Waals surface area contributed by atoms with Crippen molar-refractivity contribution in [1.82, 2.24) is 9.78 Å². The molecule has 0 aromatic carbocycles. The molecule has 0 radical (unpaired) electrons. The Kier molecular flexibility index (Phi) is 2.91. The van der Waals surface area contributed by atoms with E-state index in [4.69, 9.17) is 0 Å². The summed E-state index contributed by atoms with van der Waals surface area (Å²) in [4.78, 5) is 0. The van der Waals surface area contributed by atoms with Crippen LogP contribution in [0.5, 0.6) is 0 Å². The maximum atomic E-state index is 4.22. The molecule has 3 nitrogen and oxygen atoms in total. The highest BCUT2D eigenvalue weighted by molar-refractivity contribution is 5.45. The highest BCUT2D eigenvalue weighted by Gasteiger charge is 1.99. The lowest BCUT2D eigenvalue weighted by Crippen LogP contribution is -1.99. The zero-order chi connectivity index (χ0) is 8.97. The van der Waals surface area contributed by atoms with Crippen LogP contribution in [0.2, 0.25) is 0 Å². The molecule has 1 heterocycles. The van der Waals surface area contributed by atoms with Crippen molar-refractivity contribution in [3.63, 3.8) is 0 Å². The Bertz CT molecular complexity index is 263. The van der Waals surface area contributed by atoms with E-state index in [9.17, 15) is 0 Å². The Morgan fingerprint density at radius 1 is 1.75 bits per heavy atom. The SMILES string of the molecule is C=CCCNc1cn(C)nc1C. The van der Waals surface area contributed by atoms with Gasteiger partial charge in [-0.2, -0.15) is 5.10 Å². The van der Waals surface area contributed by atoms with Crippen LogP contribution < -0.4 is 5.32 Å². The number of nitrogens with zero attached hydrogens (tertiary/aromatic N) is 2. The fraction of sp³-hybridized carbons (Fsp3) is 0.444. The summed E-state index contributed by atoms with van der Waals surface area (Å²) in [5.41, 5.74) is 2.15. The Morgan fingerprint density at radius 3 is 3.00 bits per heavy atom. The first kappa shape index (κ1) is 8.84. The molecule has 0 atom stereocenters. The summed E-state index contributed by atoms with van der Waals surface area (Å²) in [6.45, 7) is 6.58. The number of rotatable bonds is 4. The molecule has 0 fully saturated rings. The van der Waals surface area contributed by atoms with Crippen molar-refractivity contribution in [2.45, 2.75) is 13.3 Å². The second-order valence-electron chi connectivity index (χ2n) is 2.81. The predicted octanol–water partition coefficient (Wildman–Crippen LogP) is 1.72. The van der Waals surface area contributed by atoms with E-state index < -0.39 is 0 Å². The van der Waals surface area contributed by atoms with Gasteiger partial charge in [0.25, 0.3) is 0 Å². The molecule has 3 heteroatoms. The molecular weight excluding hydrogens is 150 g/mol. The van der Waals surface area contributed by atoms with E-state index in [1.807, 2.05) is 30.9 Å². The van der Waals surface area contributed by atoms with Crippen LogP contribution in [0.3, 0.4) is 0 Å². The summed E-state index contributed by atoms with van der Waals surface area (Å²) < 4.78 is 1.81. The summed E-state index contributed by atoms with van der Waals surface area (Å²) in [6, 6.07) is 0. The highest BCUT2D eigenvalue weighted by Crippen LogP contribution is 2.10. The Balaban J connectivity index is 2.50. The van der Waals surface area contributed by atoms with Gasteiger partial charge in [-0.1, -0.05) is 6.08 Å². The maximum Gasteiger partial charge on any atom is 0.0824 e. The van der Waals surface area contributed by atoms with Crippen molar-refractivity contribution < 1.29 is 0 Å². The third-order valence-electron chi connectivity index (χ3n) is 1.68. The van der Waals surface area contributed by atoms with E-state index in [1.165, 1.54) is 0 Å². The molecule has 0 aliphatic rings. The van der Waals surface area contributed by atoms with Crippen LogP contribution in [0.1, 0.15) is 12.1 Å². The number of hydrogen-bond acceptors (Lipinski definition) is 2. The normalized spacial score (nSPS) is 9.83. The predicted molar refractivity (Wildman–Crippen MR) is 51.2 cm³/mol. The first-order chi connectivity index (χ1) is 5.74. The van der Waals surface area contributed by atoms with Gasteiger partial charge in [0.2, 0.25) is 0 Å². The first-order valence-corrected chi connectivity index (χ1v) is 4.09. The van der Waals surface area contributed by atoms with Crippen LogP contribution in [0, 0.1) is 6.92 Å². The van der Waals surface area contributed by atoms with Gasteiger partial charge in [0.15, 0.2) is 0 Å². The number of anilines is 1. The smallest absolute Gasteiger partial charge is 0.0824 e. The van der Waals surface area contributed by atoms with E-state index >= 15 is 0 Å². The molecule has 0 spiro atoms. The lowest BCUT2D eigenvalue weighted by molar-refractivity contribution is 0.756. The molecule has 1 aromatic heterocycles. The van der Waals surface area contributed by atoms with Crippen molar-refractivity contribution in [2.75, 3.05) is 11.9 Å². The quantitative estimate of drug-likeness (QED) is 0.543. The minimum absolute atomic E-state index is 0.927. The molecule has 0 bridgehead atoms. The van der Waals surface area contributed by atoms with E-state index in [-0.39, 0.29) is 0 Å². The zero-order valence-corrected chi connectivity index (χ0v) is 7.67. The van der Waals surface area contributed by atoms with Gasteiger partial charge in [-0.05, 0) is 13.3 Å². The van der Waals surface area contributed by atoms with Crippen LogP contribution in [-0.2, 0) is 7.05 Å². The lowest BCUT2D eigenvalue weighted by atomic mass is 10.3. The lowest BCUT2D eigenvalue weighted by Gasteiger charge is -2.00. The zero-order valence-electron chi connectivity index (χ0n) is 7.67. The topological polar surface area (TPSA) is 29.9 Å². The average Bonchev–Trinajstić information content (AvgIpc) is 2.31. The standard InChI is InChI=1S/C9H15N3/c1-4-5-6-10-9-7-12(3)11-8(9)2/h4,7,10H,1,5-6H2,2-3H3. The fourth-order valence-corrected chi connectivity index (χ4v) is 1.08. The summed E-state index contributed by atoms with van der Waals surface area (Å²) in [7, 11) is 1.92. The van der Waals surface area contributed by atoms with Gasteiger partial charge in [0.05, 0.1) is 11.4 Å². The van der Waals surface area contributed by atoms with Crippen molar-refractivity contribution in [1.29, 1.82) is 0 Å². The molecular formula is C9H15N3. The molecule has 0 unspecified atom stereocenters. The largest absolute Gasteiger partial charge is 0.382 e. The van der Waals surface area contributed by atoms with E-state index in [2.05, 4.69) is 17.0 Å². The fourth-order valence-electron chi connectivity index (χ4n) is 1.08. The van der Waals surface area contributed by atoms with E-state index in [0.717, 1.165) is 24.3 Å². The highest BCUT2D eigenvalue weighted by atomic mass is 15.3. The van der Waals surface area contributed by atoms with Crippen molar-refractivity contribution in [3.05, 3.63) is 24.5 Å². The second-order valence-corrected chi connectivity index (χ2v) is 2.81. The van der Waals surface area contributed by atoms with Crippen LogP contribution in [0.25, 0.3) is 0 Å². The summed E-state index contributed by atoms with van der Waals surface area (Å²) in [5.74, 6) is 0. The molecule has 0 saturated heterocycles. The van der Waals surface area contributed by atoms with Crippen LogP contribution >= 0.6 is 0 Å². The minimum atomic E-state index is 0.927. The van der Waals surface area contributed by atoms with Gasteiger partial charge in [0, 0.05) is 19.8 Å². The number of aryl methyl sites for hydroxylation is 2. The molecule has 0 aliphatic heterocycles. The van der Waals surface area contributed by atoms with Crippen molar-refractivity contribution in [2.24, 2.45) is 7.05 Å². The van der Waals surface area contributed by atoms with Gasteiger partial charge in [0.1, 0.15) is 0 Å². The molecule has 0 saturated carbocycles. The van der Waals surface area contributed by atoms with E-state index in [1.54, 1.807) is 0 Å². The molecule has 1 aromatic rings. The third kappa shape index (κ3) is 2.12. The number of hydrogen-bond donors (Lipinski definition) is 1. The van der Waals surface area contributed by atoms with Gasteiger partial charge in [-0.3, -0.25) is 4.68 Å². The Hall–Kier alpha value is -1.25. The van der Waals surface area contributed by atoms with Gasteiger partial charge >= 0.3 is 0 Å². The van der Waals surface area contributed by atoms with Crippen molar-refractivity contribution in [3.8, 4) is 0 Å². The summed E-state index contributed by atoms with van der Waals surface area (Å²) >= 11 is 0. The Labute approximate surface area is 73.1 Å². The summed E-state index contributed by atoms with van der Waals surface area (Å²) in [6.07, 6.45) is 4.87. The maximum absolute atomic E-state index is 4.22. The molecule has 0 aliphatic carbocycles. The molecule has 0 amide bonds. The molecule has 66 valence electrons. The third-order valence-corrected chi connectivity index (χ3v) is 1.68. The van der Waals surface area contributed by atoms with E-state index in [0.29, 0.717) is 0 Å². The molecule has 12 heavy (non-hydrogen) atoms. The summed E-state index contributed by atoms with van der Waals surface area (Å²) in [5, 5.41) is 7.50. The minimum Gasteiger partial charge on any atom is -0.382 e.